The van der Waals surface area contributed by atoms with Crippen LogP contribution in [0.2, 0.25) is 0 Å². The second kappa shape index (κ2) is 6.55. The van der Waals surface area contributed by atoms with Crippen LogP contribution in [0.25, 0.3) is 0 Å². The zero-order valence-electron chi connectivity index (χ0n) is 11.2. The number of amides is 1. The third kappa shape index (κ3) is 3.47. The molecule has 0 atom stereocenters. The van der Waals surface area contributed by atoms with Crippen LogP contribution < -0.4 is 5.32 Å². The molecule has 0 radical (unpaired) electrons. The van der Waals surface area contributed by atoms with E-state index in [4.69, 9.17) is 5.11 Å². The molecule has 0 aliphatic rings. The smallest absolute Gasteiger partial charge is 0.255 e. The first-order valence-electron chi connectivity index (χ1n) is 6.27. The molecule has 2 N–H and O–H groups in total. The van der Waals surface area contributed by atoms with Gasteiger partial charge in [0.2, 0.25) is 0 Å². The van der Waals surface area contributed by atoms with E-state index in [1.54, 1.807) is 12.1 Å². The lowest BCUT2D eigenvalue weighted by molar-refractivity contribution is 0.102. The number of para-hydroxylation sites is 1. The largest absolute Gasteiger partial charge is 0.384 e. The molecule has 2 aromatic carbocycles. The van der Waals surface area contributed by atoms with Crippen LogP contribution in [-0.4, -0.2) is 17.6 Å². The molecule has 2 rings (SSSR count). The lowest BCUT2D eigenvalue weighted by atomic mass is 10.0. The molecule has 1 amide bonds. The number of aliphatic hydroxyl groups excluding tert-OH is 1. The Hall–Kier alpha value is -2.57. The molecule has 0 heterocycles. The fourth-order valence-electron chi connectivity index (χ4n) is 1.76. The third-order valence-corrected chi connectivity index (χ3v) is 2.83. The molecule has 0 aliphatic heterocycles. The summed E-state index contributed by atoms with van der Waals surface area (Å²) in [7, 11) is 0. The average molecular weight is 265 g/mol. The fourth-order valence-corrected chi connectivity index (χ4v) is 1.76. The highest BCUT2D eigenvalue weighted by atomic mass is 16.2. The molecule has 0 spiro atoms. The Balaban J connectivity index is 2.22. The van der Waals surface area contributed by atoms with E-state index in [9.17, 15) is 4.79 Å². The van der Waals surface area contributed by atoms with E-state index in [1.165, 1.54) is 0 Å². The Labute approximate surface area is 118 Å². The molecular formula is C17H15NO2. The third-order valence-electron chi connectivity index (χ3n) is 2.83. The SMILES string of the molecule is Cc1ccc(C(=O)Nc2ccccc2)cc1C#CCO. The van der Waals surface area contributed by atoms with Crippen molar-refractivity contribution in [3.8, 4) is 11.8 Å². The van der Waals surface area contributed by atoms with Crippen LogP contribution in [0, 0.1) is 18.8 Å². The Morgan fingerprint density at radius 1 is 1.20 bits per heavy atom. The van der Waals surface area contributed by atoms with Gasteiger partial charge in [0.1, 0.15) is 6.61 Å². The van der Waals surface area contributed by atoms with Crippen LogP contribution >= 0.6 is 0 Å². The highest BCUT2D eigenvalue weighted by Crippen LogP contribution is 2.13. The molecule has 0 aromatic heterocycles. The van der Waals surface area contributed by atoms with E-state index >= 15 is 0 Å². The molecule has 100 valence electrons. The molecule has 2 aromatic rings. The Kier molecular flexibility index (Phi) is 4.54. The van der Waals surface area contributed by atoms with E-state index in [-0.39, 0.29) is 12.5 Å². The van der Waals surface area contributed by atoms with E-state index in [0.717, 1.165) is 16.8 Å². The second-order valence-electron chi connectivity index (χ2n) is 4.31. The highest BCUT2D eigenvalue weighted by molar-refractivity contribution is 6.04. The summed E-state index contributed by atoms with van der Waals surface area (Å²) in [6.45, 7) is 1.72. The fraction of sp³-hybridized carbons (Fsp3) is 0.118. The average Bonchev–Trinajstić information content (AvgIpc) is 2.47. The quantitative estimate of drug-likeness (QED) is 0.820. The predicted molar refractivity (Wildman–Crippen MR) is 79.5 cm³/mol. The van der Waals surface area contributed by atoms with Gasteiger partial charge in [-0.1, -0.05) is 36.1 Å². The van der Waals surface area contributed by atoms with Crippen molar-refractivity contribution in [1.29, 1.82) is 0 Å². The number of aliphatic hydroxyl groups is 1. The number of hydrogen-bond donors (Lipinski definition) is 2. The van der Waals surface area contributed by atoms with E-state index in [0.29, 0.717) is 5.56 Å². The second-order valence-corrected chi connectivity index (χ2v) is 4.31. The van der Waals surface area contributed by atoms with Crippen LogP contribution in [-0.2, 0) is 0 Å². The van der Waals surface area contributed by atoms with Gasteiger partial charge in [-0.15, -0.1) is 0 Å². The molecule has 3 heteroatoms. The van der Waals surface area contributed by atoms with Gasteiger partial charge in [-0.2, -0.15) is 0 Å². The van der Waals surface area contributed by atoms with Gasteiger partial charge in [-0.3, -0.25) is 4.79 Å². The zero-order chi connectivity index (χ0) is 14.4. The maximum Gasteiger partial charge on any atom is 0.255 e. The number of benzene rings is 2. The Morgan fingerprint density at radius 2 is 1.95 bits per heavy atom. The minimum absolute atomic E-state index is 0.178. The van der Waals surface area contributed by atoms with Crippen molar-refractivity contribution in [2.75, 3.05) is 11.9 Å². The number of aryl methyl sites for hydroxylation is 1. The summed E-state index contributed by atoms with van der Waals surface area (Å²) < 4.78 is 0. The monoisotopic (exact) mass is 265 g/mol. The number of anilines is 1. The molecule has 20 heavy (non-hydrogen) atoms. The van der Waals surface area contributed by atoms with Gasteiger partial charge in [0.15, 0.2) is 0 Å². The van der Waals surface area contributed by atoms with Crippen molar-refractivity contribution < 1.29 is 9.90 Å². The van der Waals surface area contributed by atoms with E-state index < -0.39 is 0 Å². The van der Waals surface area contributed by atoms with Crippen molar-refractivity contribution in [3.63, 3.8) is 0 Å². The van der Waals surface area contributed by atoms with E-state index in [1.807, 2.05) is 43.3 Å². The van der Waals surface area contributed by atoms with Crippen LogP contribution in [0.3, 0.4) is 0 Å². The molecule has 0 bridgehead atoms. The molecule has 0 saturated carbocycles. The molecule has 0 aliphatic carbocycles. The van der Waals surface area contributed by atoms with Crippen molar-refractivity contribution in [2.45, 2.75) is 6.92 Å². The Morgan fingerprint density at radius 3 is 2.65 bits per heavy atom. The van der Waals surface area contributed by atoms with Gasteiger partial charge in [-0.05, 0) is 36.8 Å². The maximum atomic E-state index is 12.1. The predicted octanol–water partition coefficient (Wildman–Crippen LogP) is 2.59. The number of hydrogen-bond acceptors (Lipinski definition) is 2. The normalized spacial score (nSPS) is 9.50. The van der Waals surface area contributed by atoms with Crippen molar-refractivity contribution in [3.05, 3.63) is 65.2 Å². The summed E-state index contributed by atoms with van der Waals surface area (Å²) in [5.41, 5.74) is 3.02. The van der Waals surface area contributed by atoms with Gasteiger partial charge in [-0.25, -0.2) is 0 Å². The molecular weight excluding hydrogens is 250 g/mol. The maximum absolute atomic E-state index is 12.1. The van der Waals surface area contributed by atoms with Crippen LogP contribution in [0.5, 0.6) is 0 Å². The zero-order valence-corrected chi connectivity index (χ0v) is 11.2. The summed E-state index contributed by atoms with van der Waals surface area (Å²) in [6.07, 6.45) is 0. The summed E-state index contributed by atoms with van der Waals surface area (Å²) in [4.78, 5) is 12.1. The van der Waals surface area contributed by atoms with Crippen LogP contribution in [0.4, 0.5) is 5.69 Å². The first-order valence-corrected chi connectivity index (χ1v) is 6.27. The van der Waals surface area contributed by atoms with Gasteiger partial charge in [0.05, 0.1) is 0 Å². The van der Waals surface area contributed by atoms with Gasteiger partial charge >= 0.3 is 0 Å². The van der Waals surface area contributed by atoms with E-state index in [2.05, 4.69) is 17.2 Å². The first kappa shape index (κ1) is 13.9. The number of carbonyl (C=O) groups excluding carboxylic acids is 1. The van der Waals surface area contributed by atoms with Gasteiger partial charge < -0.3 is 10.4 Å². The molecule has 0 fully saturated rings. The minimum atomic E-state index is -0.195. The van der Waals surface area contributed by atoms with Gasteiger partial charge in [0.25, 0.3) is 5.91 Å². The highest BCUT2D eigenvalue weighted by Gasteiger charge is 2.07. The summed E-state index contributed by atoms with van der Waals surface area (Å²) in [5.74, 6) is 5.26. The molecule has 3 nitrogen and oxygen atoms in total. The number of carbonyl (C=O) groups is 1. The summed E-state index contributed by atoms with van der Waals surface area (Å²) in [6, 6.07) is 14.6. The van der Waals surface area contributed by atoms with Gasteiger partial charge in [0, 0.05) is 16.8 Å². The topological polar surface area (TPSA) is 49.3 Å². The Bertz CT molecular complexity index is 666. The van der Waals surface area contributed by atoms with Crippen LogP contribution in [0.1, 0.15) is 21.5 Å². The number of rotatable bonds is 2. The lowest BCUT2D eigenvalue weighted by Crippen LogP contribution is -2.12. The summed E-state index contributed by atoms with van der Waals surface area (Å²) >= 11 is 0. The van der Waals surface area contributed by atoms with Crippen molar-refractivity contribution >= 4 is 11.6 Å². The standard InChI is InChI=1S/C17H15NO2/c1-13-9-10-15(12-14(13)6-5-11-19)17(20)18-16-7-3-2-4-8-16/h2-4,7-10,12,19H,11H2,1H3,(H,18,20). The first-order chi connectivity index (χ1) is 9.70. The summed E-state index contributed by atoms with van der Waals surface area (Å²) in [5, 5.41) is 11.6. The minimum Gasteiger partial charge on any atom is -0.384 e. The van der Waals surface area contributed by atoms with Crippen molar-refractivity contribution in [1.82, 2.24) is 0 Å². The lowest BCUT2D eigenvalue weighted by Gasteiger charge is -2.06. The molecule has 0 unspecified atom stereocenters. The van der Waals surface area contributed by atoms with Crippen LogP contribution in [0.15, 0.2) is 48.5 Å². The molecule has 0 saturated heterocycles. The number of nitrogens with one attached hydrogen (secondary N) is 1. The van der Waals surface area contributed by atoms with Crippen molar-refractivity contribution in [2.24, 2.45) is 0 Å².